The Labute approximate surface area is 153 Å². The fraction of sp³-hybridized carbons (Fsp3) is 0.895. The summed E-state index contributed by atoms with van der Waals surface area (Å²) in [4.78, 5) is 28.9. The van der Waals surface area contributed by atoms with Crippen LogP contribution in [-0.2, 0) is 9.53 Å². The van der Waals surface area contributed by atoms with Crippen molar-refractivity contribution in [2.75, 3.05) is 13.1 Å². The lowest BCUT2D eigenvalue weighted by Crippen LogP contribution is -2.56. The van der Waals surface area contributed by atoms with E-state index in [0.717, 1.165) is 19.3 Å². The highest BCUT2D eigenvalue weighted by Crippen LogP contribution is 2.22. The van der Waals surface area contributed by atoms with Crippen LogP contribution < -0.4 is 5.73 Å². The van der Waals surface area contributed by atoms with E-state index in [-0.39, 0.29) is 30.0 Å². The van der Waals surface area contributed by atoms with Crippen molar-refractivity contribution in [3.05, 3.63) is 0 Å². The molecule has 0 aliphatic carbocycles. The van der Waals surface area contributed by atoms with E-state index in [1.165, 1.54) is 0 Å². The number of likely N-dealkylation sites (tertiary alicyclic amines) is 1. The van der Waals surface area contributed by atoms with Gasteiger partial charge < -0.3 is 20.3 Å². The van der Waals surface area contributed by atoms with Crippen molar-refractivity contribution < 1.29 is 14.3 Å². The molecule has 146 valence electrons. The molecule has 6 nitrogen and oxygen atoms in total. The Kier molecular flexibility index (Phi) is 7.72. The Balaban J connectivity index is 2.89. The number of rotatable bonds is 5. The van der Waals surface area contributed by atoms with Gasteiger partial charge in [0.15, 0.2) is 0 Å². The molecule has 0 radical (unpaired) electrons. The Bertz CT molecular complexity index is 457. The summed E-state index contributed by atoms with van der Waals surface area (Å²) in [7, 11) is 0. The first-order valence-corrected chi connectivity index (χ1v) is 9.49. The zero-order valence-corrected chi connectivity index (χ0v) is 17.0. The molecule has 0 spiro atoms. The van der Waals surface area contributed by atoms with Gasteiger partial charge in [0.25, 0.3) is 0 Å². The number of nitrogens with zero attached hydrogens (tertiary/aromatic N) is 2. The molecular weight excluding hydrogens is 318 g/mol. The van der Waals surface area contributed by atoms with Crippen molar-refractivity contribution >= 4 is 12.0 Å². The summed E-state index contributed by atoms with van der Waals surface area (Å²) in [6.45, 7) is 14.7. The maximum atomic E-state index is 12.8. The lowest BCUT2D eigenvalue weighted by Gasteiger charge is -2.41. The third-order valence-electron chi connectivity index (χ3n) is 4.57. The number of nitrogens with two attached hydrogens (primary N) is 1. The van der Waals surface area contributed by atoms with Crippen LogP contribution in [0.2, 0.25) is 0 Å². The zero-order chi connectivity index (χ0) is 19.4. The largest absolute Gasteiger partial charge is 0.444 e. The second-order valence-corrected chi connectivity index (χ2v) is 8.68. The molecular formula is C19H37N3O3. The Hall–Kier alpha value is -1.30. The Morgan fingerprint density at radius 1 is 1.20 bits per heavy atom. The first-order chi connectivity index (χ1) is 11.4. The van der Waals surface area contributed by atoms with Crippen molar-refractivity contribution in [3.63, 3.8) is 0 Å². The van der Waals surface area contributed by atoms with Gasteiger partial charge in [0.2, 0.25) is 5.91 Å². The van der Waals surface area contributed by atoms with E-state index in [9.17, 15) is 9.59 Å². The SMILES string of the molecule is CC(C)[C@H](N)C(=O)N(CC1CCCCN1C(=O)OC(C)(C)C)C(C)C. The van der Waals surface area contributed by atoms with Gasteiger partial charge in [-0.3, -0.25) is 4.79 Å². The molecule has 1 aliphatic heterocycles. The van der Waals surface area contributed by atoms with Crippen LogP contribution >= 0.6 is 0 Å². The predicted octanol–water partition coefficient (Wildman–Crippen LogP) is 3.00. The minimum absolute atomic E-state index is 0.0192. The smallest absolute Gasteiger partial charge is 0.410 e. The fourth-order valence-corrected chi connectivity index (χ4v) is 3.01. The number of carbonyl (C=O) groups is 2. The van der Waals surface area contributed by atoms with E-state index in [2.05, 4.69) is 0 Å². The molecule has 2 atom stereocenters. The average Bonchev–Trinajstić information content (AvgIpc) is 2.49. The molecule has 1 unspecified atom stereocenters. The van der Waals surface area contributed by atoms with Crippen molar-refractivity contribution in [2.24, 2.45) is 11.7 Å². The molecule has 0 aromatic rings. The summed E-state index contributed by atoms with van der Waals surface area (Å²) in [6.07, 6.45) is 2.62. The first-order valence-electron chi connectivity index (χ1n) is 9.49. The maximum Gasteiger partial charge on any atom is 0.410 e. The van der Waals surface area contributed by atoms with Crippen LogP contribution in [0.4, 0.5) is 4.79 Å². The number of piperidine rings is 1. The molecule has 1 fully saturated rings. The fourth-order valence-electron chi connectivity index (χ4n) is 3.01. The van der Waals surface area contributed by atoms with E-state index >= 15 is 0 Å². The summed E-state index contributed by atoms with van der Waals surface area (Å²) in [5.41, 5.74) is 5.56. The molecule has 0 aromatic carbocycles. The topological polar surface area (TPSA) is 75.9 Å². The van der Waals surface area contributed by atoms with E-state index < -0.39 is 11.6 Å². The van der Waals surface area contributed by atoms with Crippen LogP contribution in [0.3, 0.4) is 0 Å². The summed E-state index contributed by atoms with van der Waals surface area (Å²) < 4.78 is 5.55. The summed E-state index contributed by atoms with van der Waals surface area (Å²) in [5.74, 6) is 0.0433. The molecule has 0 bridgehead atoms. The number of carbonyl (C=O) groups excluding carboxylic acids is 2. The summed E-state index contributed by atoms with van der Waals surface area (Å²) in [6, 6.07) is -0.491. The van der Waals surface area contributed by atoms with E-state index in [1.54, 1.807) is 4.90 Å². The van der Waals surface area contributed by atoms with Gasteiger partial charge in [0.1, 0.15) is 5.60 Å². The standard InChI is InChI=1S/C19H37N3O3/c1-13(2)16(20)17(23)22(14(3)4)12-15-10-8-9-11-21(15)18(24)25-19(5,6)7/h13-16H,8-12,20H2,1-7H3/t15?,16-/m0/s1. The molecule has 25 heavy (non-hydrogen) atoms. The molecule has 1 heterocycles. The minimum Gasteiger partial charge on any atom is -0.444 e. The van der Waals surface area contributed by atoms with Crippen LogP contribution in [0, 0.1) is 5.92 Å². The lowest BCUT2D eigenvalue weighted by atomic mass is 9.99. The number of hydrogen-bond donors (Lipinski definition) is 1. The minimum atomic E-state index is -0.521. The predicted molar refractivity (Wildman–Crippen MR) is 100 cm³/mol. The second-order valence-electron chi connectivity index (χ2n) is 8.68. The Morgan fingerprint density at radius 2 is 1.80 bits per heavy atom. The third kappa shape index (κ3) is 6.49. The summed E-state index contributed by atoms with van der Waals surface area (Å²) in [5, 5.41) is 0. The number of amides is 2. The number of ether oxygens (including phenoxy) is 1. The third-order valence-corrected chi connectivity index (χ3v) is 4.57. The van der Waals surface area contributed by atoms with Crippen molar-refractivity contribution in [2.45, 2.75) is 91.5 Å². The molecule has 2 N–H and O–H groups in total. The maximum absolute atomic E-state index is 12.8. The van der Waals surface area contributed by atoms with Crippen LogP contribution in [0.15, 0.2) is 0 Å². The summed E-state index contributed by atoms with van der Waals surface area (Å²) >= 11 is 0. The van der Waals surface area contributed by atoms with Crippen molar-refractivity contribution in [1.82, 2.24) is 9.80 Å². The molecule has 1 rings (SSSR count). The monoisotopic (exact) mass is 355 g/mol. The van der Waals surface area contributed by atoms with E-state index in [0.29, 0.717) is 13.1 Å². The molecule has 1 saturated heterocycles. The van der Waals surface area contributed by atoms with Gasteiger partial charge in [-0.2, -0.15) is 0 Å². The van der Waals surface area contributed by atoms with Gasteiger partial charge in [0, 0.05) is 19.1 Å². The van der Waals surface area contributed by atoms with E-state index in [1.807, 2.05) is 53.4 Å². The highest BCUT2D eigenvalue weighted by atomic mass is 16.6. The highest BCUT2D eigenvalue weighted by Gasteiger charge is 2.34. The highest BCUT2D eigenvalue weighted by molar-refractivity contribution is 5.82. The van der Waals surface area contributed by atoms with E-state index in [4.69, 9.17) is 10.5 Å². The molecule has 0 aromatic heterocycles. The molecule has 2 amide bonds. The van der Waals surface area contributed by atoms with Crippen molar-refractivity contribution in [3.8, 4) is 0 Å². The van der Waals surface area contributed by atoms with Gasteiger partial charge in [-0.1, -0.05) is 13.8 Å². The van der Waals surface area contributed by atoms with Crippen molar-refractivity contribution in [1.29, 1.82) is 0 Å². The normalized spacial score (nSPS) is 19.9. The molecule has 0 saturated carbocycles. The van der Waals surface area contributed by atoms with Crippen LogP contribution in [-0.4, -0.2) is 58.6 Å². The van der Waals surface area contributed by atoms with Gasteiger partial charge in [-0.25, -0.2) is 4.79 Å². The first kappa shape index (κ1) is 21.7. The van der Waals surface area contributed by atoms with Gasteiger partial charge in [-0.05, 0) is 59.8 Å². The second kappa shape index (κ2) is 8.88. The number of hydrogen-bond acceptors (Lipinski definition) is 4. The Morgan fingerprint density at radius 3 is 2.28 bits per heavy atom. The quantitative estimate of drug-likeness (QED) is 0.822. The molecule has 1 aliphatic rings. The van der Waals surface area contributed by atoms with Gasteiger partial charge in [0.05, 0.1) is 12.1 Å². The van der Waals surface area contributed by atoms with Crippen LogP contribution in [0.5, 0.6) is 0 Å². The van der Waals surface area contributed by atoms with Crippen LogP contribution in [0.25, 0.3) is 0 Å². The average molecular weight is 356 g/mol. The lowest BCUT2D eigenvalue weighted by molar-refractivity contribution is -0.136. The van der Waals surface area contributed by atoms with Gasteiger partial charge >= 0.3 is 6.09 Å². The van der Waals surface area contributed by atoms with Gasteiger partial charge in [-0.15, -0.1) is 0 Å². The van der Waals surface area contributed by atoms with Crippen LogP contribution in [0.1, 0.15) is 67.7 Å². The molecule has 6 heteroatoms. The zero-order valence-electron chi connectivity index (χ0n) is 17.0.